The highest BCUT2D eigenvalue weighted by atomic mass is 19.3. The molecule has 0 aliphatic carbocycles. The number of ketones is 1. The summed E-state index contributed by atoms with van der Waals surface area (Å²) in [6, 6.07) is 6.63. The fraction of sp³-hybridized carbons (Fsp3) is 0.500. The summed E-state index contributed by atoms with van der Waals surface area (Å²) in [5.74, 6) is -0.598. The maximum atomic E-state index is 13.3. The second-order valence-corrected chi connectivity index (χ2v) is 10.1. The predicted molar refractivity (Wildman–Crippen MR) is 131 cm³/mol. The molecule has 8 nitrogen and oxygen atoms in total. The van der Waals surface area contributed by atoms with Crippen LogP contribution in [0.4, 0.5) is 13.6 Å². The Bertz CT molecular complexity index is 1190. The Morgan fingerprint density at radius 3 is 2.56 bits per heavy atom. The van der Waals surface area contributed by atoms with E-state index in [4.69, 9.17) is 9.47 Å². The lowest BCUT2D eigenvalue weighted by Gasteiger charge is -2.26. The van der Waals surface area contributed by atoms with Gasteiger partial charge in [0.1, 0.15) is 23.0 Å². The second kappa shape index (κ2) is 11.0. The van der Waals surface area contributed by atoms with Crippen molar-refractivity contribution in [2.45, 2.75) is 58.2 Å². The number of allylic oxidation sites excluding steroid dienone is 1. The van der Waals surface area contributed by atoms with E-state index in [0.29, 0.717) is 48.8 Å². The van der Waals surface area contributed by atoms with E-state index in [-0.39, 0.29) is 22.9 Å². The molecule has 1 amide bonds. The number of hydrogen-bond acceptors (Lipinski definition) is 6. The molecule has 0 bridgehead atoms. The van der Waals surface area contributed by atoms with Gasteiger partial charge >= 0.3 is 12.7 Å². The molecule has 1 aliphatic rings. The van der Waals surface area contributed by atoms with Gasteiger partial charge in [-0.3, -0.25) is 4.79 Å². The number of nitrogens with one attached hydrogen (secondary N) is 1. The van der Waals surface area contributed by atoms with Crippen molar-refractivity contribution in [3.8, 4) is 11.8 Å². The Balaban J connectivity index is 1.92. The monoisotopic (exact) mass is 502 g/mol. The quantitative estimate of drug-likeness (QED) is 0.322. The normalized spacial score (nSPS) is 17.0. The molecule has 1 saturated heterocycles. The maximum Gasteiger partial charge on any atom is 0.410 e. The molecule has 1 N–H and O–H groups in total. The third-order valence-corrected chi connectivity index (χ3v) is 5.78. The highest BCUT2D eigenvalue weighted by molar-refractivity contribution is 6.12. The number of aromatic nitrogens is 1. The molecule has 1 unspecified atom stereocenters. The summed E-state index contributed by atoms with van der Waals surface area (Å²) in [6.45, 7) is 3.33. The lowest BCUT2D eigenvalue weighted by atomic mass is 9.90. The Kier molecular flexibility index (Phi) is 8.23. The van der Waals surface area contributed by atoms with Gasteiger partial charge in [0.15, 0.2) is 0 Å². The lowest BCUT2D eigenvalue weighted by molar-refractivity contribution is -0.0505. The maximum absolute atomic E-state index is 13.3. The zero-order chi connectivity index (χ0) is 26.6. The van der Waals surface area contributed by atoms with Gasteiger partial charge in [-0.25, -0.2) is 4.79 Å². The van der Waals surface area contributed by atoms with E-state index in [1.54, 1.807) is 50.7 Å². The Labute approximate surface area is 209 Å². The number of carbonyl (C=O) groups excluding carboxylic acids is 2. The van der Waals surface area contributed by atoms with Gasteiger partial charge in [0, 0.05) is 44.3 Å². The topological polar surface area (TPSA) is 98.7 Å². The minimum atomic E-state index is -3.02. The van der Waals surface area contributed by atoms with Crippen molar-refractivity contribution in [1.29, 1.82) is 5.26 Å². The number of nitriles is 1. The number of amides is 1. The fourth-order valence-electron chi connectivity index (χ4n) is 4.27. The van der Waals surface area contributed by atoms with Crippen LogP contribution in [0.2, 0.25) is 0 Å². The van der Waals surface area contributed by atoms with Crippen molar-refractivity contribution in [3.05, 3.63) is 41.2 Å². The lowest BCUT2D eigenvalue weighted by Crippen LogP contribution is -2.37. The van der Waals surface area contributed by atoms with Crippen molar-refractivity contribution < 1.29 is 27.8 Å². The van der Waals surface area contributed by atoms with Gasteiger partial charge in [-0.15, -0.1) is 0 Å². The van der Waals surface area contributed by atoms with E-state index in [0.717, 1.165) is 0 Å². The zero-order valence-corrected chi connectivity index (χ0v) is 21.2. The van der Waals surface area contributed by atoms with E-state index in [9.17, 15) is 23.6 Å². The molecule has 194 valence electrons. The molecular formula is C26H32F2N4O4. The van der Waals surface area contributed by atoms with Crippen LogP contribution in [0, 0.1) is 11.3 Å². The fourth-order valence-corrected chi connectivity index (χ4v) is 4.27. The summed E-state index contributed by atoms with van der Waals surface area (Å²) in [5, 5.41) is 9.89. The summed E-state index contributed by atoms with van der Waals surface area (Å²) in [7, 11) is 3.40. The first kappa shape index (κ1) is 27.0. The number of halogens is 2. The summed E-state index contributed by atoms with van der Waals surface area (Å²) in [6.07, 6.45) is 2.91. The molecule has 1 aromatic heterocycles. The first-order valence-electron chi connectivity index (χ1n) is 11.8. The summed E-state index contributed by atoms with van der Waals surface area (Å²) in [4.78, 5) is 31.6. The van der Waals surface area contributed by atoms with E-state index >= 15 is 0 Å². The first-order chi connectivity index (χ1) is 16.9. The van der Waals surface area contributed by atoms with Gasteiger partial charge in [-0.2, -0.15) is 14.0 Å². The van der Waals surface area contributed by atoms with Crippen molar-refractivity contribution in [1.82, 2.24) is 14.8 Å². The van der Waals surface area contributed by atoms with Gasteiger partial charge in [0.2, 0.25) is 5.78 Å². The molecule has 0 saturated carbocycles. The number of fused-ring (bicyclic) bond motifs is 1. The number of carbonyl (C=O) groups is 2. The standard InChI is InChI=1S/C26H32F2N4O4/c1-26(2,3)36-25(34)32-9-6-7-16(8-10-32)19-13-20-17(12-22(19)35-24(27)28)11-21(30-20)23(33)18(14-29)15-31(4)5/h11-13,15-16,24,30H,6-10H2,1-5H3/b18-15+. The van der Waals surface area contributed by atoms with E-state index < -0.39 is 24.1 Å². The smallest absolute Gasteiger partial charge is 0.410 e. The number of ether oxygens (including phenoxy) is 2. The third-order valence-electron chi connectivity index (χ3n) is 5.78. The Hall–Kier alpha value is -3.61. The van der Waals surface area contributed by atoms with Crippen LogP contribution in [-0.2, 0) is 4.74 Å². The largest absolute Gasteiger partial charge is 0.444 e. The van der Waals surface area contributed by atoms with Crippen molar-refractivity contribution in [2.75, 3.05) is 27.2 Å². The molecular weight excluding hydrogens is 470 g/mol. The average molecular weight is 503 g/mol. The third kappa shape index (κ3) is 6.74. The van der Waals surface area contributed by atoms with Crippen LogP contribution in [0.1, 0.15) is 62.0 Å². The van der Waals surface area contributed by atoms with Crippen LogP contribution in [0.25, 0.3) is 10.9 Å². The molecule has 10 heteroatoms. The minimum Gasteiger partial charge on any atom is -0.444 e. The molecule has 1 aromatic carbocycles. The number of nitrogens with zero attached hydrogens (tertiary/aromatic N) is 3. The van der Waals surface area contributed by atoms with Gasteiger partial charge in [0.05, 0.1) is 5.69 Å². The Morgan fingerprint density at radius 1 is 1.22 bits per heavy atom. The number of H-pyrrole nitrogens is 1. The molecule has 2 heterocycles. The van der Waals surface area contributed by atoms with Crippen LogP contribution in [0.5, 0.6) is 5.75 Å². The summed E-state index contributed by atoms with van der Waals surface area (Å²) >= 11 is 0. The number of Topliss-reactive ketones (excluding diaryl/α,β-unsaturated/α-hetero) is 1. The highest BCUT2D eigenvalue weighted by Crippen LogP contribution is 2.38. The Morgan fingerprint density at radius 2 is 1.94 bits per heavy atom. The van der Waals surface area contributed by atoms with E-state index in [2.05, 4.69) is 4.98 Å². The highest BCUT2D eigenvalue weighted by Gasteiger charge is 2.28. The van der Waals surface area contributed by atoms with Gasteiger partial charge < -0.3 is 24.3 Å². The summed E-state index contributed by atoms with van der Waals surface area (Å²) in [5.41, 5.74) is 0.671. The minimum absolute atomic E-state index is 0.0376. The summed E-state index contributed by atoms with van der Waals surface area (Å²) < 4.78 is 36.9. The number of rotatable bonds is 6. The molecule has 0 spiro atoms. The zero-order valence-electron chi connectivity index (χ0n) is 21.2. The number of benzene rings is 1. The molecule has 3 rings (SSSR count). The molecule has 36 heavy (non-hydrogen) atoms. The van der Waals surface area contributed by atoms with Crippen LogP contribution >= 0.6 is 0 Å². The van der Waals surface area contributed by atoms with Gasteiger partial charge in [-0.05, 0) is 69.7 Å². The molecule has 1 atom stereocenters. The first-order valence-corrected chi connectivity index (χ1v) is 11.8. The van der Waals surface area contributed by atoms with Gasteiger partial charge in [-0.1, -0.05) is 0 Å². The van der Waals surface area contributed by atoms with Crippen molar-refractivity contribution >= 4 is 22.8 Å². The van der Waals surface area contributed by atoms with Crippen LogP contribution in [0.15, 0.2) is 30.0 Å². The molecule has 1 fully saturated rings. The molecule has 2 aromatic rings. The van der Waals surface area contributed by atoms with Gasteiger partial charge in [0.25, 0.3) is 0 Å². The van der Waals surface area contributed by atoms with Crippen molar-refractivity contribution in [2.24, 2.45) is 0 Å². The molecule has 0 radical (unpaired) electrons. The van der Waals surface area contributed by atoms with Crippen molar-refractivity contribution in [3.63, 3.8) is 0 Å². The second-order valence-electron chi connectivity index (χ2n) is 10.1. The number of hydrogen-bond donors (Lipinski definition) is 1. The van der Waals surface area contributed by atoms with E-state index in [1.807, 2.05) is 6.07 Å². The number of aromatic amines is 1. The molecule has 1 aliphatic heterocycles. The van der Waals surface area contributed by atoms with Crippen LogP contribution < -0.4 is 4.74 Å². The van der Waals surface area contributed by atoms with E-state index in [1.165, 1.54) is 18.3 Å². The SMILES string of the molecule is CN(C)/C=C(\C#N)C(=O)c1cc2cc(OC(F)F)c(C3CCCN(C(=O)OC(C)(C)C)CC3)cc2[nH]1. The predicted octanol–water partition coefficient (Wildman–Crippen LogP) is 5.43. The average Bonchev–Trinajstić information content (AvgIpc) is 3.02. The van der Waals surface area contributed by atoms with Crippen LogP contribution in [-0.4, -0.2) is 66.1 Å². The number of alkyl halides is 2. The van der Waals surface area contributed by atoms with Crippen LogP contribution in [0.3, 0.4) is 0 Å². The number of likely N-dealkylation sites (tertiary alicyclic amines) is 1.